The number of aromatic amines is 1. The van der Waals surface area contributed by atoms with Crippen LogP contribution in [0.25, 0.3) is 0 Å². The quantitative estimate of drug-likeness (QED) is 0.912. The molecular formula is C12H12BrN3O2. The lowest BCUT2D eigenvalue weighted by Gasteiger charge is -2.07. The molecule has 0 bridgehead atoms. The molecule has 1 aromatic carbocycles. The molecule has 3 N–H and O–H groups in total. The number of nitrogens with one attached hydrogen (secondary N) is 1. The van der Waals surface area contributed by atoms with Crippen LogP contribution in [0.3, 0.4) is 0 Å². The van der Waals surface area contributed by atoms with Crippen LogP contribution in [0.1, 0.15) is 12.5 Å². The fraction of sp³-hybridized carbons (Fsp3) is 0.167. The van der Waals surface area contributed by atoms with E-state index in [1.54, 1.807) is 0 Å². The predicted molar refractivity (Wildman–Crippen MR) is 72.9 cm³/mol. The van der Waals surface area contributed by atoms with E-state index in [9.17, 15) is 4.79 Å². The minimum Gasteiger partial charge on any atom is -0.438 e. The number of hydrogen-bond acceptors (Lipinski definition) is 4. The maximum atomic E-state index is 11.4. The third-order valence-corrected chi connectivity index (χ3v) is 3.10. The summed E-state index contributed by atoms with van der Waals surface area (Å²) in [6.07, 6.45) is 0.959. The zero-order valence-corrected chi connectivity index (χ0v) is 11.3. The molecular weight excluding hydrogens is 298 g/mol. The number of nitrogens with two attached hydrogens (primary N) is 1. The molecule has 0 aliphatic rings. The van der Waals surface area contributed by atoms with Crippen LogP contribution in [-0.4, -0.2) is 9.97 Å². The summed E-state index contributed by atoms with van der Waals surface area (Å²) in [6, 6.07) is 7.56. The SMILES string of the molecule is CCc1ccc(Oc2nc(N)[nH]c(=O)c2Br)cc1. The molecule has 0 unspecified atom stereocenters. The Kier molecular flexibility index (Phi) is 3.66. The second-order valence-corrected chi connectivity index (χ2v) is 4.46. The maximum Gasteiger partial charge on any atom is 0.270 e. The van der Waals surface area contributed by atoms with Gasteiger partial charge in [-0.2, -0.15) is 4.98 Å². The molecule has 0 aliphatic carbocycles. The molecule has 0 amide bonds. The first kappa shape index (κ1) is 12.6. The van der Waals surface area contributed by atoms with E-state index in [0.717, 1.165) is 6.42 Å². The van der Waals surface area contributed by atoms with Crippen LogP contribution in [0.5, 0.6) is 11.6 Å². The molecule has 0 saturated carbocycles. The normalized spacial score (nSPS) is 10.3. The molecule has 2 aromatic rings. The van der Waals surface area contributed by atoms with Crippen LogP contribution >= 0.6 is 15.9 Å². The van der Waals surface area contributed by atoms with Gasteiger partial charge in [0.25, 0.3) is 5.56 Å². The maximum absolute atomic E-state index is 11.4. The van der Waals surface area contributed by atoms with Crippen LogP contribution in [0.4, 0.5) is 5.95 Å². The van der Waals surface area contributed by atoms with Gasteiger partial charge in [-0.15, -0.1) is 0 Å². The molecule has 1 aromatic heterocycles. The third kappa shape index (κ3) is 2.70. The molecule has 0 saturated heterocycles. The molecule has 1 heterocycles. The van der Waals surface area contributed by atoms with Gasteiger partial charge in [-0.25, -0.2) is 0 Å². The highest BCUT2D eigenvalue weighted by molar-refractivity contribution is 9.10. The molecule has 5 nitrogen and oxygen atoms in total. The lowest BCUT2D eigenvalue weighted by Crippen LogP contribution is -2.12. The smallest absolute Gasteiger partial charge is 0.270 e. The van der Waals surface area contributed by atoms with E-state index in [4.69, 9.17) is 10.5 Å². The van der Waals surface area contributed by atoms with Gasteiger partial charge in [-0.1, -0.05) is 19.1 Å². The molecule has 2 rings (SSSR count). The topological polar surface area (TPSA) is 81.0 Å². The number of ether oxygens (including phenoxy) is 1. The van der Waals surface area contributed by atoms with E-state index in [1.165, 1.54) is 5.56 Å². The second kappa shape index (κ2) is 5.22. The summed E-state index contributed by atoms with van der Waals surface area (Å²) in [5.74, 6) is 0.772. The predicted octanol–water partition coefficient (Wildman–Crippen LogP) is 2.47. The highest BCUT2D eigenvalue weighted by Gasteiger charge is 2.09. The minimum atomic E-state index is -0.373. The van der Waals surface area contributed by atoms with Crippen molar-refractivity contribution in [2.75, 3.05) is 5.73 Å². The third-order valence-electron chi connectivity index (χ3n) is 2.40. The van der Waals surface area contributed by atoms with Gasteiger partial charge in [0, 0.05) is 0 Å². The lowest BCUT2D eigenvalue weighted by atomic mass is 10.2. The number of aromatic nitrogens is 2. The Morgan fingerprint density at radius 2 is 2.06 bits per heavy atom. The van der Waals surface area contributed by atoms with Crippen molar-refractivity contribution in [3.8, 4) is 11.6 Å². The van der Waals surface area contributed by atoms with Crippen LogP contribution in [0, 0.1) is 0 Å². The highest BCUT2D eigenvalue weighted by atomic mass is 79.9. The first-order valence-electron chi connectivity index (χ1n) is 5.42. The van der Waals surface area contributed by atoms with Crippen molar-refractivity contribution >= 4 is 21.9 Å². The fourth-order valence-electron chi connectivity index (χ4n) is 1.43. The largest absolute Gasteiger partial charge is 0.438 e. The van der Waals surface area contributed by atoms with Crippen molar-refractivity contribution in [2.45, 2.75) is 13.3 Å². The zero-order chi connectivity index (χ0) is 13.1. The number of nitrogens with zero attached hydrogens (tertiary/aromatic N) is 1. The van der Waals surface area contributed by atoms with Gasteiger partial charge in [0.1, 0.15) is 10.2 Å². The Morgan fingerprint density at radius 3 is 2.67 bits per heavy atom. The molecule has 0 fully saturated rings. The van der Waals surface area contributed by atoms with Crippen molar-refractivity contribution < 1.29 is 4.74 Å². The summed E-state index contributed by atoms with van der Waals surface area (Å²) in [4.78, 5) is 17.7. The Balaban J connectivity index is 2.30. The van der Waals surface area contributed by atoms with Gasteiger partial charge in [-0.05, 0) is 40.0 Å². The Hall–Kier alpha value is -1.82. The molecule has 6 heteroatoms. The average molecular weight is 310 g/mol. The van der Waals surface area contributed by atoms with Crippen molar-refractivity contribution in [1.82, 2.24) is 9.97 Å². The monoisotopic (exact) mass is 309 g/mol. The minimum absolute atomic E-state index is 0.0170. The van der Waals surface area contributed by atoms with E-state index in [-0.39, 0.29) is 21.9 Å². The zero-order valence-electron chi connectivity index (χ0n) is 9.74. The first-order chi connectivity index (χ1) is 8.60. The van der Waals surface area contributed by atoms with Gasteiger partial charge in [0.05, 0.1) is 0 Å². The summed E-state index contributed by atoms with van der Waals surface area (Å²) in [7, 11) is 0. The number of anilines is 1. The molecule has 0 aliphatic heterocycles. The number of rotatable bonds is 3. The number of halogens is 1. The van der Waals surface area contributed by atoms with E-state index < -0.39 is 0 Å². The second-order valence-electron chi connectivity index (χ2n) is 3.67. The summed E-state index contributed by atoms with van der Waals surface area (Å²) in [5, 5.41) is 0. The number of aryl methyl sites for hydroxylation is 1. The van der Waals surface area contributed by atoms with Gasteiger partial charge in [-0.3, -0.25) is 9.78 Å². The molecule has 0 atom stereocenters. The van der Waals surface area contributed by atoms with Gasteiger partial charge < -0.3 is 10.5 Å². The van der Waals surface area contributed by atoms with Gasteiger partial charge in [0.15, 0.2) is 0 Å². The van der Waals surface area contributed by atoms with E-state index in [0.29, 0.717) is 5.75 Å². The van der Waals surface area contributed by atoms with E-state index >= 15 is 0 Å². The van der Waals surface area contributed by atoms with Crippen LogP contribution in [-0.2, 0) is 6.42 Å². The number of hydrogen-bond donors (Lipinski definition) is 2. The molecule has 94 valence electrons. The van der Waals surface area contributed by atoms with Crippen molar-refractivity contribution in [2.24, 2.45) is 0 Å². The van der Waals surface area contributed by atoms with Crippen molar-refractivity contribution in [3.05, 3.63) is 44.7 Å². The highest BCUT2D eigenvalue weighted by Crippen LogP contribution is 2.25. The molecule has 18 heavy (non-hydrogen) atoms. The van der Waals surface area contributed by atoms with Gasteiger partial charge >= 0.3 is 0 Å². The number of H-pyrrole nitrogens is 1. The summed E-state index contributed by atoms with van der Waals surface area (Å²) in [5.41, 5.74) is 6.30. The van der Waals surface area contributed by atoms with Gasteiger partial charge in [0.2, 0.25) is 11.8 Å². The fourth-order valence-corrected chi connectivity index (χ4v) is 1.70. The lowest BCUT2D eigenvalue weighted by molar-refractivity contribution is 0.458. The number of benzene rings is 1. The molecule has 0 spiro atoms. The Morgan fingerprint density at radius 1 is 1.39 bits per heavy atom. The standard InChI is InChI=1S/C12H12BrN3O2/c1-2-7-3-5-8(6-4-7)18-11-9(13)10(17)15-12(14)16-11/h3-6H,2H2,1H3,(H3,14,15,16,17). The number of nitrogen functional groups attached to an aromatic ring is 1. The van der Waals surface area contributed by atoms with E-state index in [1.807, 2.05) is 24.3 Å². The van der Waals surface area contributed by atoms with Crippen molar-refractivity contribution in [3.63, 3.8) is 0 Å². The average Bonchev–Trinajstić information content (AvgIpc) is 2.36. The summed E-state index contributed by atoms with van der Waals surface area (Å²) in [6.45, 7) is 2.07. The van der Waals surface area contributed by atoms with Crippen LogP contribution in [0.15, 0.2) is 33.5 Å². The summed E-state index contributed by atoms with van der Waals surface area (Å²) >= 11 is 3.11. The molecule has 0 radical (unpaired) electrons. The van der Waals surface area contributed by atoms with Crippen LogP contribution in [0.2, 0.25) is 0 Å². The summed E-state index contributed by atoms with van der Waals surface area (Å²) < 4.78 is 5.73. The van der Waals surface area contributed by atoms with Crippen LogP contribution < -0.4 is 16.0 Å². The van der Waals surface area contributed by atoms with E-state index in [2.05, 4.69) is 32.8 Å². The van der Waals surface area contributed by atoms with Crippen molar-refractivity contribution in [1.29, 1.82) is 0 Å². The first-order valence-corrected chi connectivity index (χ1v) is 6.21. The Labute approximate surface area is 112 Å². The Bertz CT molecular complexity index is 608.